The highest BCUT2D eigenvalue weighted by Gasteiger charge is 2.19. The highest BCUT2D eigenvalue weighted by atomic mass is 35.5. The van der Waals surface area contributed by atoms with E-state index >= 15 is 0 Å². The van der Waals surface area contributed by atoms with Gasteiger partial charge in [0.15, 0.2) is 0 Å². The van der Waals surface area contributed by atoms with Crippen molar-refractivity contribution in [1.29, 1.82) is 0 Å². The van der Waals surface area contributed by atoms with E-state index in [-0.39, 0.29) is 6.61 Å². The van der Waals surface area contributed by atoms with Gasteiger partial charge in [-0.2, -0.15) is 0 Å². The molecule has 29 heavy (non-hydrogen) atoms. The average molecular weight is 442 g/mol. The van der Waals surface area contributed by atoms with Crippen LogP contribution < -0.4 is 0 Å². The fourth-order valence-electron chi connectivity index (χ4n) is 2.99. The zero-order chi connectivity index (χ0) is 20.2. The molecule has 0 saturated heterocycles. The zero-order valence-electron chi connectivity index (χ0n) is 15.3. The van der Waals surface area contributed by atoms with Crippen molar-refractivity contribution in [3.05, 3.63) is 99.7 Å². The molecule has 146 valence electrons. The van der Waals surface area contributed by atoms with Gasteiger partial charge in [0.2, 0.25) is 0 Å². The Morgan fingerprint density at radius 1 is 0.897 bits per heavy atom. The van der Waals surface area contributed by atoms with E-state index in [1.54, 1.807) is 30.0 Å². The van der Waals surface area contributed by atoms with Gasteiger partial charge in [-0.25, -0.2) is 4.79 Å². The number of carbonyl (C=O) groups excluding carboxylic acids is 1. The molecule has 0 unspecified atom stereocenters. The molecule has 6 heteroatoms. The topological polar surface area (TPSA) is 42.1 Å². The van der Waals surface area contributed by atoms with Crippen molar-refractivity contribution in [2.75, 3.05) is 0 Å². The molecule has 4 aromatic rings. The van der Waals surface area contributed by atoms with Crippen LogP contribution in [-0.4, -0.2) is 11.0 Å². The number of aromatic amines is 1. The van der Waals surface area contributed by atoms with Crippen molar-refractivity contribution in [3.63, 3.8) is 0 Å². The molecule has 0 spiro atoms. The molecule has 0 bridgehead atoms. The smallest absolute Gasteiger partial charge is 0.356 e. The Kier molecular flexibility index (Phi) is 6.14. The molecule has 0 saturated carbocycles. The van der Waals surface area contributed by atoms with Crippen LogP contribution in [-0.2, 0) is 17.1 Å². The van der Waals surface area contributed by atoms with E-state index in [0.717, 1.165) is 27.1 Å². The number of halogens is 2. The Morgan fingerprint density at radius 3 is 2.45 bits per heavy atom. The van der Waals surface area contributed by atoms with Gasteiger partial charge in [0.05, 0.1) is 10.0 Å². The molecule has 0 atom stereocenters. The summed E-state index contributed by atoms with van der Waals surface area (Å²) < 4.78 is 5.55. The molecule has 1 heterocycles. The summed E-state index contributed by atoms with van der Waals surface area (Å²) in [5.74, 6) is 0.360. The van der Waals surface area contributed by atoms with Gasteiger partial charge in [0, 0.05) is 21.6 Å². The molecular weight excluding hydrogens is 425 g/mol. The average Bonchev–Trinajstić information content (AvgIpc) is 3.12. The third-order valence-electron chi connectivity index (χ3n) is 4.44. The summed E-state index contributed by atoms with van der Waals surface area (Å²) in [5, 5.41) is 1.91. The number of thioether (sulfide) groups is 1. The Hall–Kier alpha value is -2.40. The first kappa shape index (κ1) is 19.9. The van der Waals surface area contributed by atoms with E-state index in [1.165, 1.54) is 5.56 Å². The van der Waals surface area contributed by atoms with E-state index < -0.39 is 5.97 Å². The lowest BCUT2D eigenvalue weighted by atomic mass is 10.2. The number of aromatic nitrogens is 1. The number of esters is 1. The van der Waals surface area contributed by atoms with Crippen LogP contribution in [0.15, 0.2) is 77.7 Å². The predicted octanol–water partition coefficient (Wildman–Crippen LogP) is 7.12. The van der Waals surface area contributed by atoms with Gasteiger partial charge in [-0.3, -0.25) is 0 Å². The van der Waals surface area contributed by atoms with Gasteiger partial charge in [0.25, 0.3) is 0 Å². The van der Waals surface area contributed by atoms with Gasteiger partial charge in [-0.1, -0.05) is 77.8 Å². The second-order valence-corrected chi connectivity index (χ2v) is 8.27. The summed E-state index contributed by atoms with van der Waals surface area (Å²) in [4.78, 5) is 17.0. The largest absolute Gasteiger partial charge is 0.456 e. The van der Waals surface area contributed by atoms with Crippen LogP contribution in [0.4, 0.5) is 0 Å². The number of hydrogen-bond acceptors (Lipinski definition) is 3. The van der Waals surface area contributed by atoms with Gasteiger partial charge in [-0.15, -0.1) is 11.8 Å². The highest BCUT2D eigenvalue weighted by Crippen LogP contribution is 2.34. The molecule has 0 aliphatic heterocycles. The van der Waals surface area contributed by atoms with Crippen LogP contribution in [0.2, 0.25) is 10.0 Å². The van der Waals surface area contributed by atoms with E-state index in [4.69, 9.17) is 27.9 Å². The second kappa shape index (κ2) is 8.95. The van der Waals surface area contributed by atoms with E-state index in [9.17, 15) is 4.79 Å². The standard InChI is InChI=1S/C23H17Cl2NO2S/c24-18-11-10-16(12-19(18)25)13-28-23(27)21-22(17-8-4-5-9-20(17)26-21)29-14-15-6-2-1-3-7-15/h1-12,26H,13-14H2. The third kappa shape index (κ3) is 4.61. The van der Waals surface area contributed by atoms with Crippen molar-refractivity contribution in [2.24, 2.45) is 0 Å². The lowest BCUT2D eigenvalue weighted by molar-refractivity contribution is 0.0463. The van der Waals surface area contributed by atoms with Crippen LogP contribution in [0.25, 0.3) is 10.9 Å². The monoisotopic (exact) mass is 441 g/mol. The number of rotatable bonds is 6. The lowest BCUT2D eigenvalue weighted by Gasteiger charge is -2.07. The van der Waals surface area contributed by atoms with Crippen molar-refractivity contribution >= 4 is 51.8 Å². The first-order valence-corrected chi connectivity index (χ1v) is 10.7. The van der Waals surface area contributed by atoms with Gasteiger partial charge in [-0.05, 0) is 29.3 Å². The Balaban J connectivity index is 1.56. The minimum atomic E-state index is -0.400. The van der Waals surface area contributed by atoms with Crippen LogP contribution in [0.1, 0.15) is 21.6 Å². The number of carbonyl (C=O) groups is 1. The molecular formula is C23H17Cl2NO2S. The van der Waals surface area contributed by atoms with Crippen LogP contribution in [0.5, 0.6) is 0 Å². The quantitative estimate of drug-likeness (QED) is 0.255. The Bertz CT molecular complexity index is 1160. The molecule has 1 N–H and O–H groups in total. The summed E-state index contributed by atoms with van der Waals surface area (Å²) in [5.41, 5.74) is 3.34. The molecule has 0 amide bonds. The number of ether oxygens (including phenoxy) is 1. The summed E-state index contributed by atoms with van der Waals surface area (Å²) >= 11 is 13.6. The highest BCUT2D eigenvalue weighted by molar-refractivity contribution is 7.98. The zero-order valence-corrected chi connectivity index (χ0v) is 17.7. The fourth-order valence-corrected chi connectivity index (χ4v) is 4.43. The maximum Gasteiger partial charge on any atom is 0.356 e. The minimum Gasteiger partial charge on any atom is -0.456 e. The summed E-state index contributed by atoms with van der Waals surface area (Å²) in [7, 11) is 0. The van der Waals surface area contributed by atoms with E-state index in [1.807, 2.05) is 42.5 Å². The van der Waals surface area contributed by atoms with Crippen LogP contribution in [0.3, 0.4) is 0 Å². The van der Waals surface area contributed by atoms with Crippen LogP contribution in [0, 0.1) is 0 Å². The SMILES string of the molecule is O=C(OCc1ccc(Cl)c(Cl)c1)c1[nH]c2ccccc2c1SCc1ccccc1. The van der Waals surface area contributed by atoms with Crippen molar-refractivity contribution in [1.82, 2.24) is 4.98 Å². The first-order valence-electron chi connectivity index (χ1n) is 9.00. The summed E-state index contributed by atoms with van der Waals surface area (Å²) in [6.07, 6.45) is 0. The molecule has 0 radical (unpaired) electrons. The number of nitrogens with one attached hydrogen (secondary N) is 1. The Labute approximate surface area is 183 Å². The maximum absolute atomic E-state index is 12.8. The predicted molar refractivity (Wildman–Crippen MR) is 120 cm³/mol. The molecule has 3 nitrogen and oxygen atoms in total. The van der Waals surface area contributed by atoms with Gasteiger partial charge < -0.3 is 9.72 Å². The number of fused-ring (bicyclic) bond motifs is 1. The molecule has 0 aliphatic rings. The Morgan fingerprint density at radius 2 is 1.66 bits per heavy atom. The molecule has 0 fully saturated rings. The molecule has 0 aliphatic carbocycles. The second-order valence-electron chi connectivity index (χ2n) is 6.47. The number of benzene rings is 3. The number of hydrogen-bond donors (Lipinski definition) is 1. The molecule has 3 aromatic carbocycles. The number of H-pyrrole nitrogens is 1. The number of para-hydroxylation sites is 1. The van der Waals surface area contributed by atoms with Gasteiger partial charge in [0.1, 0.15) is 12.3 Å². The van der Waals surface area contributed by atoms with Crippen molar-refractivity contribution in [2.45, 2.75) is 17.3 Å². The van der Waals surface area contributed by atoms with E-state index in [2.05, 4.69) is 17.1 Å². The fraction of sp³-hybridized carbons (Fsp3) is 0.0870. The molecule has 1 aromatic heterocycles. The third-order valence-corrected chi connectivity index (χ3v) is 6.37. The summed E-state index contributed by atoms with van der Waals surface area (Å²) in [6, 6.07) is 23.2. The van der Waals surface area contributed by atoms with Crippen molar-refractivity contribution in [3.8, 4) is 0 Å². The van der Waals surface area contributed by atoms with Gasteiger partial charge >= 0.3 is 5.97 Å². The van der Waals surface area contributed by atoms with Crippen LogP contribution >= 0.6 is 35.0 Å². The van der Waals surface area contributed by atoms with E-state index in [0.29, 0.717) is 15.7 Å². The maximum atomic E-state index is 12.8. The lowest BCUT2D eigenvalue weighted by Crippen LogP contribution is -2.07. The first-order chi connectivity index (χ1) is 14.1. The minimum absolute atomic E-state index is 0.119. The molecule has 4 rings (SSSR count). The van der Waals surface area contributed by atoms with Crippen molar-refractivity contribution < 1.29 is 9.53 Å². The summed E-state index contributed by atoms with van der Waals surface area (Å²) in [6.45, 7) is 0.119. The normalized spacial score (nSPS) is 11.0.